The molecule has 0 radical (unpaired) electrons. The maximum Gasteiger partial charge on any atom is 0.335 e. The zero-order valence-electron chi connectivity index (χ0n) is 18.3. The highest BCUT2D eigenvalue weighted by Crippen LogP contribution is 2.27. The molecule has 0 bridgehead atoms. The van der Waals surface area contributed by atoms with Gasteiger partial charge in [-0.1, -0.05) is 41.9 Å². The summed E-state index contributed by atoms with van der Waals surface area (Å²) < 4.78 is 11.3. The summed E-state index contributed by atoms with van der Waals surface area (Å²) in [6, 6.07) is 19.9. The van der Waals surface area contributed by atoms with Gasteiger partial charge in [0.1, 0.15) is 23.7 Å². The van der Waals surface area contributed by atoms with E-state index < -0.39 is 17.8 Å². The molecule has 172 valence electrons. The molecule has 0 saturated carbocycles. The molecule has 1 N–H and O–H groups in total. The number of carbonyl (C=O) groups is 3. The third-order valence-corrected chi connectivity index (χ3v) is 5.24. The quantitative estimate of drug-likeness (QED) is 0.384. The second kappa shape index (κ2) is 10.2. The molecule has 7 nitrogen and oxygen atoms in total. The smallest absolute Gasteiger partial charge is 0.335 e. The van der Waals surface area contributed by atoms with Crippen LogP contribution >= 0.6 is 11.6 Å². The van der Waals surface area contributed by atoms with Crippen molar-refractivity contribution in [3.63, 3.8) is 0 Å². The maximum absolute atomic E-state index is 13.2. The van der Waals surface area contributed by atoms with Crippen LogP contribution in [0.1, 0.15) is 18.1 Å². The van der Waals surface area contributed by atoms with Crippen molar-refractivity contribution < 1.29 is 23.9 Å². The average molecular weight is 477 g/mol. The highest BCUT2D eigenvalue weighted by atomic mass is 35.5. The molecule has 0 atom stereocenters. The third-order valence-electron chi connectivity index (χ3n) is 5.01. The van der Waals surface area contributed by atoms with Crippen molar-refractivity contribution in [1.29, 1.82) is 0 Å². The topological polar surface area (TPSA) is 84.9 Å². The minimum absolute atomic E-state index is 0.188. The molecule has 1 aliphatic rings. The maximum atomic E-state index is 13.2. The molecular weight excluding hydrogens is 456 g/mol. The Morgan fingerprint density at radius 1 is 0.941 bits per heavy atom. The number of halogens is 1. The standard InChI is InChI=1S/C26H21ClN2O5/c1-2-33-21-12-10-20(11-13-21)29-25(31)22(24(30)28-26(29)32)15-18-7-3-4-9-23(18)34-16-17-6-5-8-19(27)14-17/h3-15H,2,16H2,1H3,(H,28,30,32)/b22-15+. The number of amides is 4. The largest absolute Gasteiger partial charge is 0.494 e. The summed E-state index contributed by atoms with van der Waals surface area (Å²) in [5, 5.41) is 2.82. The lowest BCUT2D eigenvalue weighted by atomic mass is 10.1. The second-order valence-electron chi connectivity index (χ2n) is 7.34. The van der Waals surface area contributed by atoms with Crippen LogP contribution in [0.4, 0.5) is 10.5 Å². The Morgan fingerprint density at radius 2 is 1.71 bits per heavy atom. The minimum atomic E-state index is -0.818. The van der Waals surface area contributed by atoms with Crippen molar-refractivity contribution in [2.75, 3.05) is 11.5 Å². The molecular formula is C26H21ClN2O5. The zero-order valence-corrected chi connectivity index (χ0v) is 19.0. The van der Waals surface area contributed by atoms with Crippen LogP contribution in [0.15, 0.2) is 78.4 Å². The van der Waals surface area contributed by atoms with E-state index in [-0.39, 0.29) is 12.2 Å². The fourth-order valence-corrected chi connectivity index (χ4v) is 3.64. The molecule has 3 aromatic carbocycles. The lowest BCUT2D eigenvalue weighted by molar-refractivity contribution is -0.122. The normalized spacial score (nSPS) is 14.8. The van der Waals surface area contributed by atoms with Gasteiger partial charge in [0, 0.05) is 10.6 Å². The molecule has 34 heavy (non-hydrogen) atoms. The van der Waals surface area contributed by atoms with Gasteiger partial charge in [0.15, 0.2) is 0 Å². The molecule has 0 unspecified atom stereocenters. The first-order valence-corrected chi connectivity index (χ1v) is 10.9. The number of nitrogens with zero attached hydrogens (tertiary/aromatic N) is 1. The van der Waals surface area contributed by atoms with Gasteiger partial charge in [-0.05, 0) is 61.0 Å². The van der Waals surface area contributed by atoms with Crippen LogP contribution in [0.2, 0.25) is 5.02 Å². The number of hydrogen-bond acceptors (Lipinski definition) is 5. The van der Waals surface area contributed by atoms with Gasteiger partial charge in [-0.15, -0.1) is 0 Å². The number of benzene rings is 3. The van der Waals surface area contributed by atoms with E-state index in [1.54, 1.807) is 60.7 Å². The molecule has 0 spiro atoms. The summed E-state index contributed by atoms with van der Waals surface area (Å²) in [5.41, 5.74) is 1.51. The van der Waals surface area contributed by atoms with Gasteiger partial charge in [-0.3, -0.25) is 14.9 Å². The van der Waals surface area contributed by atoms with Gasteiger partial charge in [-0.25, -0.2) is 9.69 Å². The van der Waals surface area contributed by atoms with Crippen LogP contribution in [0, 0.1) is 0 Å². The van der Waals surface area contributed by atoms with Gasteiger partial charge in [0.05, 0.1) is 12.3 Å². The molecule has 4 rings (SSSR count). The summed E-state index contributed by atoms with van der Waals surface area (Å²) >= 11 is 6.03. The number of anilines is 1. The second-order valence-corrected chi connectivity index (χ2v) is 7.78. The van der Waals surface area contributed by atoms with Gasteiger partial charge in [0.2, 0.25) is 0 Å². The van der Waals surface area contributed by atoms with Crippen LogP contribution in [-0.4, -0.2) is 24.5 Å². The molecule has 1 fully saturated rings. The number of nitrogens with one attached hydrogen (secondary N) is 1. The lowest BCUT2D eigenvalue weighted by Gasteiger charge is -2.26. The van der Waals surface area contributed by atoms with E-state index in [1.165, 1.54) is 6.08 Å². The van der Waals surface area contributed by atoms with E-state index >= 15 is 0 Å². The third kappa shape index (κ3) is 5.10. The number of rotatable bonds is 7. The number of para-hydroxylation sites is 1. The Balaban J connectivity index is 1.61. The lowest BCUT2D eigenvalue weighted by Crippen LogP contribution is -2.54. The van der Waals surface area contributed by atoms with E-state index in [4.69, 9.17) is 21.1 Å². The summed E-state index contributed by atoms with van der Waals surface area (Å²) in [6.45, 7) is 2.59. The van der Waals surface area contributed by atoms with Crippen LogP contribution < -0.4 is 19.7 Å². The Hall–Kier alpha value is -4.10. The van der Waals surface area contributed by atoms with E-state index in [9.17, 15) is 14.4 Å². The van der Waals surface area contributed by atoms with Crippen molar-refractivity contribution in [2.45, 2.75) is 13.5 Å². The van der Waals surface area contributed by atoms with Crippen LogP contribution in [0.5, 0.6) is 11.5 Å². The van der Waals surface area contributed by atoms with E-state index in [0.717, 1.165) is 10.5 Å². The number of urea groups is 1. The number of carbonyl (C=O) groups excluding carboxylic acids is 3. The highest BCUT2D eigenvalue weighted by molar-refractivity contribution is 6.39. The highest BCUT2D eigenvalue weighted by Gasteiger charge is 2.37. The molecule has 0 aliphatic carbocycles. The number of imide groups is 2. The van der Waals surface area contributed by atoms with E-state index in [2.05, 4.69) is 5.32 Å². The Bertz CT molecular complexity index is 1270. The number of ether oxygens (including phenoxy) is 2. The van der Waals surface area contributed by atoms with Gasteiger partial charge < -0.3 is 9.47 Å². The number of barbiturate groups is 1. The first kappa shape index (κ1) is 23.1. The summed E-state index contributed by atoms with van der Waals surface area (Å²) in [6.07, 6.45) is 1.42. The Morgan fingerprint density at radius 3 is 2.44 bits per heavy atom. The van der Waals surface area contributed by atoms with Crippen LogP contribution in [0.25, 0.3) is 6.08 Å². The molecule has 4 amide bonds. The van der Waals surface area contributed by atoms with E-state index in [1.807, 2.05) is 19.1 Å². The van der Waals surface area contributed by atoms with Crippen molar-refractivity contribution in [3.05, 3.63) is 94.5 Å². The monoisotopic (exact) mass is 476 g/mol. The predicted octanol–water partition coefficient (Wildman–Crippen LogP) is 4.98. The molecule has 1 saturated heterocycles. The molecule has 1 heterocycles. The van der Waals surface area contributed by atoms with E-state index in [0.29, 0.717) is 34.4 Å². The predicted molar refractivity (Wildman–Crippen MR) is 129 cm³/mol. The fourth-order valence-electron chi connectivity index (χ4n) is 3.42. The fraction of sp³-hybridized carbons (Fsp3) is 0.115. The molecule has 0 aromatic heterocycles. The van der Waals surface area contributed by atoms with Crippen molar-refractivity contribution in [3.8, 4) is 11.5 Å². The molecule has 3 aromatic rings. The minimum Gasteiger partial charge on any atom is -0.494 e. The summed E-state index contributed by atoms with van der Waals surface area (Å²) in [5.74, 6) is -0.432. The van der Waals surface area contributed by atoms with Gasteiger partial charge in [0.25, 0.3) is 11.8 Å². The van der Waals surface area contributed by atoms with Crippen LogP contribution in [-0.2, 0) is 16.2 Å². The summed E-state index contributed by atoms with van der Waals surface area (Å²) in [4.78, 5) is 39.1. The van der Waals surface area contributed by atoms with Gasteiger partial charge in [-0.2, -0.15) is 0 Å². The number of hydrogen-bond donors (Lipinski definition) is 1. The Kier molecular flexibility index (Phi) is 6.94. The Labute approximate surface area is 201 Å². The SMILES string of the molecule is CCOc1ccc(N2C(=O)NC(=O)/C(=C\c3ccccc3OCc3cccc(Cl)c3)C2=O)cc1. The van der Waals surface area contributed by atoms with Crippen LogP contribution in [0.3, 0.4) is 0 Å². The molecule has 1 aliphatic heterocycles. The average Bonchev–Trinajstić information content (AvgIpc) is 2.82. The van der Waals surface area contributed by atoms with Gasteiger partial charge >= 0.3 is 6.03 Å². The summed E-state index contributed by atoms with van der Waals surface area (Å²) in [7, 11) is 0. The van der Waals surface area contributed by atoms with Crippen molar-refractivity contribution >= 4 is 41.2 Å². The zero-order chi connectivity index (χ0) is 24.1. The first-order chi connectivity index (χ1) is 16.5. The first-order valence-electron chi connectivity index (χ1n) is 10.6. The van der Waals surface area contributed by atoms with Crippen molar-refractivity contribution in [1.82, 2.24) is 5.32 Å². The molecule has 8 heteroatoms. The van der Waals surface area contributed by atoms with Crippen molar-refractivity contribution in [2.24, 2.45) is 0 Å².